The molecule has 0 N–H and O–H groups in total. The molecule has 2 aliphatic heterocycles. The molecule has 0 radical (unpaired) electrons. The van der Waals surface area contributed by atoms with E-state index in [0.29, 0.717) is 26.4 Å². The second-order valence-electron chi connectivity index (χ2n) is 7.52. The Morgan fingerprint density at radius 2 is 1.32 bits per heavy atom. The van der Waals surface area contributed by atoms with E-state index in [1.807, 2.05) is 18.2 Å². The van der Waals surface area contributed by atoms with Crippen LogP contribution in [-0.4, -0.2) is 52.1 Å². The van der Waals surface area contributed by atoms with Crippen molar-refractivity contribution in [3.8, 4) is 23.0 Å². The van der Waals surface area contributed by atoms with Crippen LogP contribution in [0, 0.1) is 13.8 Å². The molecular formula is C22H28N2O4. The molecule has 4 rings (SSSR count). The molecule has 6 heteroatoms. The molecule has 0 atom stereocenters. The van der Waals surface area contributed by atoms with Gasteiger partial charge in [-0.2, -0.15) is 0 Å². The van der Waals surface area contributed by atoms with Crippen molar-refractivity contribution in [2.24, 2.45) is 0 Å². The quantitative estimate of drug-likeness (QED) is 0.694. The molecule has 2 aromatic carbocycles. The lowest BCUT2D eigenvalue weighted by atomic mass is 10.1. The van der Waals surface area contributed by atoms with Crippen LogP contribution in [0.1, 0.15) is 16.7 Å². The van der Waals surface area contributed by atoms with Gasteiger partial charge in [0.2, 0.25) is 0 Å². The molecule has 0 amide bonds. The Morgan fingerprint density at radius 1 is 0.750 bits per heavy atom. The summed E-state index contributed by atoms with van der Waals surface area (Å²) >= 11 is 0. The van der Waals surface area contributed by atoms with Crippen LogP contribution in [0.4, 0.5) is 5.69 Å². The molecule has 0 saturated carbocycles. The first kappa shape index (κ1) is 18.7. The third-order valence-electron chi connectivity index (χ3n) is 5.24. The summed E-state index contributed by atoms with van der Waals surface area (Å²) in [6.45, 7) is 7.61. The van der Waals surface area contributed by atoms with Crippen LogP contribution in [0.3, 0.4) is 0 Å². The molecule has 150 valence electrons. The Morgan fingerprint density at radius 3 is 1.96 bits per heavy atom. The van der Waals surface area contributed by atoms with Crippen LogP contribution in [0.5, 0.6) is 23.0 Å². The molecule has 2 aliphatic rings. The number of rotatable bonds is 0. The lowest BCUT2D eigenvalue weighted by molar-refractivity contribution is 0.169. The maximum atomic E-state index is 6.18. The second kappa shape index (κ2) is 7.80. The highest BCUT2D eigenvalue weighted by atomic mass is 16.6. The Balaban J connectivity index is 1.60. The topological polar surface area (TPSA) is 43.4 Å². The Labute approximate surface area is 166 Å². The van der Waals surface area contributed by atoms with Crippen molar-refractivity contribution in [2.45, 2.75) is 20.4 Å². The summed E-state index contributed by atoms with van der Waals surface area (Å²) in [5.74, 6) is 3.07. The van der Waals surface area contributed by atoms with Crippen LogP contribution in [0.2, 0.25) is 0 Å². The third-order valence-corrected chi connectivity index (χ3v) is 5.24. The minimum Gasteiger partial charge on any atom is -0.486 e. The molecule has 0 aromatic heterocycles. The molecule has 0 saturated heterocycles. The van der Waals surface area contributed by atoms with Crippen molar-refractivity contribution in [2.75, 3.05) is 52.1 Å². The number of hydrogen-bond donors (Lipinski definition) is 0. The predicted molar refractivity (Wildman–Crippen MR) is 109 cm³/mol. The van der Waals surface area contributed by atoms with E-state index in [-0.39, 0.29) is 0 Å². The molecule has 28 heavy (non-hydrogen) atoms. The fourth-order valence-corrected chi connectivity index (χ4v) is 3.72. The summed E-state index contributed by atoms with van der Waals surface area (Å²) in [6, 6.07) is 8.14. The lowest BCUT2D eigenvalue weighted by Crippen LogP contribution is -2.38. The molecular weight excluding hydrogens is 356 g/mol. The van der Waals surface area contributed by atoms with Gasteiger partial charge in [0, 0.05) is 24.8 Å². The smallest absolute Gasteiger partial charge is 0.167 e. The molecule has 0 spiro atoms. The van der Waals surface area contributed by atoms with E-state index in [9.17, 15) is 0 Å². The molecule has 0 aliphatic carbocycles. The maximum Gasteiger partial charge on any atom is 0.167 e. The van der Waals surface area contributed by atoms with Crippen molar-refractivity contribution >= 4 is 5.69 Å². The zero-order chi connectivity index (χ0) is 19.7. The van der Waals surface area contributed by atoms with E-state index in [2.05, 4.69) is 43.8 Å². The van der Waals surface area contributed by atoms with Gasteiger partial charge in [0.05, 0.1) is 6.67 Å². The van der Waals surface area contributed by atoms with E-state index in [1.165, 1.54) is 16.8 Å². The third kappa shape index (κ3) is 3.69. The number of anilines is 1. The number of aryl methyl sites for hydroxylation is 2. The van der Waals surface area contributed by atoms with Gasteiger partial charge in [-0.1, -0.05) is 0 Å². The van der Waals surface area contributed by atoms with Gasteiger partial charge < -0.3 is 23.8 Å². The Kier molecular flexibility index (Phi) is 5.22. The summed E-state index contributed by atoms with van der Waals surface area (Å²) in [5, 5.41) is 0. The van der Waals surface area contributed by atoms with E-state index in [0.717, 1.165) is 41.8 Å². The summed E-state index contributed by atoms with van der Waals surface area (Å²) in [5.41, 5.74) is 4.69. The van der Waals surface area contributed by atoms with Crippen molar-refractivity contribution < 1.29 is 18.9 Å². The standard InChI is InChI=1S/C22H28N2O4/c1-15-11-20-21(12-16(15)2)27-9-10-28-22-17-13-23(3)14-24(4)18(17)5-6-19(22)25-7-8-26-20/h5-6,11-12H,7-10,13-14H2,1-4H3. The molecule has 6 nitrogen and oxygen atoms in total. The van der Waals surface area contributed by atoms with Gasteiger partial charge in [0.15, 0.2) is 23.0 Å². The van der Waals surface area contributed by atoms with Gasteiger partial charge in [-0.3, -0.25) is 4.90 Å². The Hall–Kier alpha value is -2.60. The first-order valence-electron chi connectivity index (χ1n) is 9.71. The van der Waals surface area contributed by atoms with Crippen molar-refractivity contribution in [1.29, 1.82) is 0 Å². The molecule has 0 fully saturated rings. The van der Waals surface area contributed by atoms with Crippen LogP contribution >= 0.6 is 0 Å². The summed E-state index contributed by atoms with van der Waals surface area (Å²) in [4.78, 5) is 4.47. The number of benzene rings is 2. The first-order valence-corrected chi connectivity index (χ1v) is 9.71. The summed E-state index contributed by atoms with van der Waals surface area (Å²) in [6.07, 6.45) is 0. The number of ether oxygens (including phenoxy) is 4. The molecule has 0 unspecified atom stereocenters. The molecule has 2 aromatic rings. The number of fused-ring (bicyclic) bond motifs is 4. The average Bonchev–Trinajstić information content (AvgIpc) is 2.65. The highest BCUT2D eigenvalue weighted by molar-refractivity contribution is 5.65. The first-order chi connectivity index (χ1) is 13.5. The van der Waals surface area contributed by atoms with Crippen LogP contribution in [0.15, 0.2) is 24.3 Å². The van der Waals surface area contributed by atoms with Crippen LogP contribution in [0.25, 0.3) is 0 Å². The predicted octanol–water partition coefficient (Wildman–Crippen LogP) is 3.37. The highest BCUT2D eigenvalue weighted by Gasteiger charge is 2.24. The fraction of sp³-hybridized carbons (Fsp3) is 0.455. The van der Waals surface area contributed by atoms with E-state index < -0.39 is 0 Å². The number of hydrogen-bond acceptors (Lipinski definition) is 6. The van der Waals surface area contributed by atoms with Crippen molar-refractivity contribution in [3.63, 3.8) is 0 Å². The van der Waals surface area contributed by atoms with Gasteiger partial charge in [-0.25, -0.2) is 0 Å². The van der Waals surface area contributed by atoms with Gasteiger partial charge >= 0.3 is 0 Å². The lowest BCUT2D eigenvalue weighted by Gasteiger charge is -2.35. The van der Waals surface area contributed by atoms with E-state index >= 15 is 0 Å². The van der Waals surface area contributed by atoms with Gasteiger partial charge in [-0.05, 0) is 56.3 Å². The summed E-state index contributed by atoms with van der Waals surface area (Å²) < 4.78 is 24.2. The second-order valence-corrected chi connectivity index (χ2v) is 7.52. The largest absolute Gasteiger partial charge is 0.486 e. The van der Waals surface area contributed by atoms with Crippen molar-refractivity contribution in [1.82, 2.24) is 4.90 Å². The Bertz CT molecular complexity index is 868. The van der Waals surface area contributed by atoms with Crippen molar-refractivity contribution in [3.05, 3.63) is 41.0 Å². The molecule has 2 heterocycles. The van der Waals surface area contributed by atoms with Gasteiger partial charge in [-0.15, -0.1) is 0 Å². The zero-order valence-electron chi connectivity index (χ0n) is 17.1. The molecule has 0 bridgehead atoms. The average molecular weight is 384 g/mol. The minimum atomic E-state index is 0.437. The van der Waals surface area contributed by atoms with E-state index in [4.69, 9.17) is 18.9 Å². The van der Waals surface area contributed by atoms with Crippen LogP contribution in [-0.2, 0) is 6.54 Å². The maximum absolute atomic E-state index is 6.18. The van der Waals surface area contributed by atoms with Gasteiger partial charge in [0.1, 0.15) is 26.4 Å². The summed E-state index contributed by atoms with van der Waals surface area (Å²) in [7, 11) is 4.20. The zero-order valence-corrected chi connectivity index (χ0v) is 17.1. The minimum absolute atomic E-state index is 0.437. The number of nitrogens with zero attached hydrogens (tertiary/aromatic N) is 2. The van der Waals surface area contributed by atoms with Crippen LogP contribution < -0.4 is 23.8 Å². The highest BCUT2D eigenvalue weighted by Crippen LogP contribution is 2.40. The van der Waals surface area contributed by atoms with E-state index in [1.54, 1.807) is 0 Å². The SMILES string of the molecule is Cc1cc2c(cc1C)OCCOc1c(ccc3c1CN(C)CN3C)OCCO2. The monoisotopic (exact) mass is 384 g/mol. The fourth-order valence-electron chi connectivity index (χ4n) is 3.72. The normalized spacial score (nSPS) is 17.4. The van der Waals surface area contributed by atoms with Gasteiger partial charge in [0.25, 0.3) is 0 Å².